The Morgan fingerprint density at radius 1 is 1.32 bits per heavy atom. The first kappa shape index (κ1) is 21.7. The number of anilines is 1. The van der Waals surface area contributed by atoms with Crippen LogP contribution in [0, 0.1) is 5.92 Å². The van der Waals surface area contributed by atoms with Crippen molar-refractivity contribution < 1.29 is 19.6 Å². The summed E-state index contributed by atoms with van der Waals surface area (Å²) < 4.78 is 0. The van der Waals surface area contributed by atoms with Gasteiger partial charge in [-0.25, -0.2) is 5.06 Å². The van der Waals surface area contributed by atoms with Crippen LogP contribution in [0.3, 0.4) is 0 Å². The molecular formula is C20H30N4O4. The van der Waals surface area contributed by atoms with Gasteiger partial charge >= 0.3 is 0 Å². The summed E-state index contributed by atoms with van der Waals surface area (Å²) in [5.41, 5.74) is 7.58. The molecule has 1 unspecified atom stereocenters. The highest BCUT2D eigenvalue weighted by atomic mass is 16.5. The number of nitrogens with zero attached hydrogens (tertiary/aromatic N) is 2. The summed E-state index contributed by atoms with van der Waals surface area (Å²) in [5.74, 6) is -1.42. The number of rotatable bonds is 9. The van der Waals surface area contributed by atoms with E-state index in [2.05, 4.69) is 22.7 Å². The van der Waals surface area contributed by atoms with Crippen molar-refractivity contribution in [3.8, 4) is 0 Å². The van der Waals surface area contributed by atoms with Gasteiger partial charge in [0.15, 0.2) is 0 Å². The molecule has 3 amide bonds. The molecule has 0 aliphatic carbocycles. The van der Waals surface area contributed by atoms with Gasteiger partial charge in [-0.1, -0.05) is 26.2 Å². The van der Waals surface area contributed by atoms with E-state index in [9.17, 15) is 19.6 Å². The second-order valence-electron chi connectivity index (χ2n) is 7.23. The van der Waals surface area contributed by atoms with Crippen molar-refractivity contribution in [3.63, 3.8) is 0 Å². The minimum absolute atomic E-state index is 0.111. The molecule has 1 aliphatic rings. The number of amides is 3. The fourth-order valence-electron chi connectivity index (χ4n) is 3.43. The van der Waals surface area contributed by atoms with E-state index < -0.39 is 17.7 Å². The maximum absolute atomic E-state index is 12.4. The molecule has 154 valence electrons. The van der Waals surface area contributed by atoms with Crippen LogP contribution in [0.25, 0.3) is 0 Å². The van der Waals surface area contributed by atoms with Gasteiger partial charge in [0.25, 0.3) is 5.91 Å². The maximum atomic E-state index is 12.4. The van der Waals surface area contributed by atoms with Gasteiger partial charge in [-0.15, -0.1) is 0 Å². The Morgan fingerprint density at radius 2 is 2.11 bits per heavy atom. The van der Waals surface area contributed by atoms with Gasteiger partial charge in [-0.2, -0.15) is 0 Å². The molecule has 1 atom stereocenters. The van der Waals surface area contributed by atoms with Crippen LogP contribution in [0.2, 0.25) is 0 Å². The lowest BCUT2D eigenvalue weighted by molar-refractivity contribution is -0.154. The molecular weight excluding hydrogens is 360 g/mol. The van der Waals surface area contributed by atoms with Crippen molar-refractivity contribution in [1.82, 2.24) is 15.9 Å². The molecule has 28 heavy (non-hydrogen) atoms. The number of hydrazine groups is 1. The van der Waals surface area contributed by atoms with Gasteiger partial charge in [0, 0.05) is 24.8 Å². The summed E-state index contributed by atoms with van der Waals surface area (Å²) in [5, 5.41) is 9.87. The van der Waals surface area contributed by atoms with Crippen molar-refractivity contribution in [2.75, 3.05) is 25.0 Å². The van der Waals surface area contributed by atoms with Crippen LogP contribution in [0.1, 0.15) is 54.9 Å². The van der Waals surface area contributed by atoms with E-state index in [1.807, 2.05) is 19.2 Å². The van der Waals surface area contributed by atoms with E-state index >= 15 is 0 Å². The predicted octanol–water partition coefficient (Wildman–Crippen LogP) is 1.87. The Bertz CT molecular complexity index is 695. The molecule has 0 fully saturated rings. The van der Waals surface area contributed by atoms with Crippen LogP contribution >= 0.6 is 0 Å². The number of unbranched alkanes of at least 4 members (excludes halogenated alkanes) is 2. The van der Waals surface area contributed by atoms with Crippen LogP contribution in [-0.4, -0.2) is 48.6 Å². The Labute approximate surface area is 165 Å². The number of benzene rings is 1. The van der Waals surface area contributed by atoms with Crippen LogP contribution in [-0.2, 0) is 16.0 Å². The zero-order valence-electron chi connectivity index (χ0n) is 16.6. The quantitative estimate of drug-likeness (QED) is 0.259. The Balaban J connectivity index is 1.95. The summed E-state index contributed by atoms with van der Waals surface area (Å²) in [7, 11) is 2.03. The molecule has 0 spiro atoms. The number of fused-ring (bicyclic) bond motifs is 1. The van der Waals surface area contributed by atoms with E-state index in [4.69, 9.17) is 0 Å². The molecule has 8 nitrogen and oxygen atoms in total. The number of hydrogen-bond donors (Lipinski definition) is 3. The largest absolute Gasteiger partial charge is 0.374 e. The lowest BCUT2D eigenvalue weighted by Crippen LogP contribution is -2.46. The second-order valence-corrected chi connectivity index (χ2v) is 7.23. The molecule has 0 radical (unpaired) electrons. The van der Waals surface area contributed by atoms with Crippen molar-refractivity contribution in [1.29, 1.82) is 0 Å². The molecule has 1 aromatic rings. The van der Waals surface area contributed by atoms with Crippen LogP contribution in [0.15, 0.2) is 18.2 Å². The third kappa shape index (κ3) is 5.95. The molecule has 1 heterocycles. The summed E-state index contributed by atoms with van der Waals surface area (Å²) in [6.07, 6.45) is 5.49. The predicted molar refractivity (Wildman–Crippen MR) is 106 cm³/mol. The van der Waals surface area contributed by atoms with Crippen molar-refractivity contribution in [3.05, 3.63) is 29.3 Å². The molecule has 1 aromatic carbocycles. The highest BCUT2D eigenvalue weighted by Crippen LogP contribution is 2.26. The molecule has 0 saturated heterocycles. The zero-order valence-corrected chi connectivity index (χ0v) is 16.6. The summed E-state index contributed by atoms with van der Waals surface area (Å²) in [6, 6.07) is 5.52. The van der Waals surface area contributed by atoms with Gasteiger partial charge < -0.3 is 4.90 Å². The van der Waals surface area contributed by atoms with E-state index in [1.165, 1.54) is 0 Å². The number of carbonyl (C=O) groups is 3. The van der Waals surface area contributed by atoms with E-state index in [0.29, 0.717) is 17.0 Å². The first-order valence-corrected chi connectivity index (χ1v) is 9.81. The Morgan fingerprint density at radius 3 is 2.82 bits per heavy atom. The smallest absolute Gasteiger partial charge is 0.269 e. The fourth-order valence-corrected chi connectivity index (χ4v) is 3.43. The highest BCUT2D eigenvalue weighted by molar-refractivity contribution is 5.96. The minimum atomic E-state index is -0.598. The molecule has 8 heteroatoms. The fraction of sp³-hybridized carbons (Fsp3) is 0.550. The second kappa shape index (κ2) is 10.7. The number of aryl methyl sites for hydroxylation is 1. The normalized spacial score (nSPS) is 14.0. The summed E-state index contributed by atoms with van der Waals surface area (Å²) in [6.45, 7) is 2.94. The molecule has 3 N–H and O–H groups in total. The highest BCUT2D eigenvalue weighted by Gasteiger charge is 2.22. The van der Waals surface area contributed by atoms with E-state index in [1.54, 1.807) is 6.07 Å². The Hall–Kier alpha value is -2.61. The third-order valence-electron chi connectivity index (χ3n) is 5.05. The first-order valence-electron chi connectivity index (χ1n) is 9.81. The van der Waals surface area contributed by atoms with Gasteiger partial charge in [-0.3, -0.25) is 30.4 Å². The number of hydroxylamine groups is 2. The summed E-state index contributed by atoms with van der Waals surface area (Å²) in [4.78, 5) is 37.7. The SMILES string of the molecule is CCCCCC(CN(O)C=O)C(=O)NNC(=O)c1ccc2c(c1)CCCN2C. The van der Waals surface area contributed by atoms with Crippen LogP contribution < -0.4 is 15.8 Å². The summed E-state index contributed by atoms with van der Waals surface area (Å²) >= 11 is 0. The molecule has 0 saturated carbocycles. The van der Waals surface area contributed by atoms with Gasteiger partial charge in [-0.05, 0) is 43.0 Å². The van der Waals surface area contributed by atoms with Crippen molar-refractivity contribution in [2.24, 2.45) is 5.92 Å². The average molecular weight is 390 g/mol. The van der Waals surface area contributed by atoms with Gasteiger partial charge in [0.1, 0.15) is 0 Å². The average Bonchev–Trinajstić information content (AvgIpc) is 2.70. The van der Waals surface area contributed by atoms with Crippen LogP contribution in [0.4, 0.5) is 5.69 Å². The lowest BCUT2D eigenvalue weighted by Gasteiger charge is -2.27. The maximum Gasteiger partial charge on any atom is 0.269 e. The van der Waals surface area contributed by atoms with E-state index in [0.717, 1.165) is 49.9 Å². The Kier molecular flexibility index (Phi) is 8.25. The standard InChI is InChI=1S/C20H30N4O4/c1-3-4-5-7-17(13-24(28)14-25)20(27)22-21-19(26)16-9-10-18-15(12-16)8-6-11-23(18)2/h9-10,12,14,17,28H,3-8,11,13H2,1-2H3,(H,21,26)(H,22,27). The third-order valence-corrected chi connectivity index (χ3v) is 5.05. The number of nitrogens with one attached hydrogen (secondary N) is 2. The molecule has 1 aliphatic heterocycles. The first-order chi connectivity index (χ1) is 13.5. The topological polar surface area (TPSA) is 102 Å². The zero-order chi connectivity index (χ0) is 20.5. The minimum Gasteiger partial charge on any atom is -0.374 e. The van der Waals surface area contributed by atoms with E-state index in [-0.39, 0.29) is 13.0 Å². The molecule has 0 bridgehead atoms. The lowest BCUT2D eigenvalue weighted by atomic mass is 9.99. The monoisotopic (exact) mass is 390 g/mol. The molecule has 0 aromatic heterocycles. The van der Waals surface area contributed by atoms with Gasteiger partial charge in [0.2, 0.25) is 12.3 Å². The van der Waals surface area contributed by atoms with Crippen molar-refractivity contribution in [2.45, 2.75) is 45.4 Å². The van der Waals surface area contributed by atoms with Crippen LogP contribution in [0.5, 0.6) is 0 Å². The van der Waals surface area contributed by atoms with Crippen molar-refractivity contribution >= 4 is 23.9 Å². The number of carbonyl (C=O) groups excluding carboxylic acids is 3. The molecule has 2 rings (SSSR count). The number of hydrogen-bond acceptors (Lipinski definition) is 5. The van der Waals surface area contributed by atoms with Gasteiger partial charge in [0.05, 0.1) is 12.5 Å².